The van der Waals surface area contributed by atoms with Crippen LogP contribution in [0, 0.1) is 17.3 Å². The van der Waals surface area contributed by atoms with Crippen molar-refractivity contribution in [2.45, 2.75) is 71.8 Å². The lowest BCUT2D eigenvalue weighted by Crippen LogP contribution is -2.48. The molecule has 35 heavy (non-hydrogen) atoms. The molecule has 1 saturated carbocycles. The number of hydrogen-bond donors (Lipinski definition) is 1. The van der Waals surface area contributed by atoms with Gasteiger partial charge in [0.15, 0.2) is 0 Å². The number of rotatable bonds is 10. The average Bonchev–Trinajstić information content (AvgIpc) is 2.86. The third kappa shape index (κ3) is 8.41. The number of methoxy groups -OCH3 is 1. The molecule has 0 aliphatic heterocycles. The summed E-state index contributed by atoms with van der Waals surface area (Å²) in [4.78, 5) is 25.9. The predicted molar refractivity (Wildman–Crippen MR) is 139 cm³/mol. The van der Waals surface area contributed by atoms with E-state index in [0.717, 1.165) is 23.5 Å². The SMILES string of the molecule is COC(=O)C(Cc1ccc(OCC2CCCCC2)cc1)NC(=O)[C@@H](Cc1ccccc1)C(C)(C)C. The van der Waals surface area contributed by atoms with Crippen molar-refractivity contribution >= 4 is 11.9 Å². The van der Waals surface area contributed by atoms with E-state index >= 15 is 0 Å². The van der Waals surface area contributed by atoms with Crippen LogP contribution in [0.5, 0.6) is 5.75 Å². The maximum atomic E-state index is 13.4. The lowest BCUT2D eigenvalue weighted by molar-refractivity contribution is -0.146. The van der Waals surface area contributed by atoms with Crippen LogP contribution in [0.3, 0.4) is 0 Å². The van der Waals surface area contributed by atoms with Crippen LogP contribution in [0.25, 0.3) is 0 Å². The van der Waals surface area contributed by atoms with Crippen molar-refractivity contribution in [2.24, 2.45) is 17.3 Å². The first kappa shape index (κ1) is 26.8. The lowest BCUT2D eigenvalue weighted by Gasteiger charge is -2.31. The van der Waals surface area contributed by atoms with E-state index in [1.165, 1.54) is 39.2 Å². The highest BCUT2D eigenvalue weighted by Crippen LogP contribution is 2.30. The van der Waals surface area contributed by atoms with Crippen LogP contribution in [0.4, 0.5) is 0 Å². The minimum absolute atomic E-state index is 0.135. The smallest absolute Gasteiger partial charge is 0.328 e. The molecule has 3 rings (SSSR count). The molecule has 2 aromatic carbocycles. The molecule has 1 amide bonds. The van der Waals surface area contributed by atoms with E-state index in [4.69, 9.17) is 9.47 Å². The second-order valence-electron chi connectivity index (χ2n) is 10.9. The number of esters is 1. The first-order chi connectivity index (χ1) is 16.8. The first-order valence-electron chi connectivity index (χ1n) is 12.9. The topological polar surface area (TPSA) is 64.6 Å². The summed E-state index contributed by atoms with van der Waals surface area (Å²) in [5, 5.41) is 2.98. The van der Waals surface area contributed by atoms with Gasteiger partial charge in [-0.2, -0.15) is 0 Å². The van der Waals surface area contributed by atoms with Crippen LogP contribution in [0.2, 0.25) is 0 Å². The molecule has 1 fully saturated rings. The van der Waals surface area contributed by atoms with Gasteiger partial charge in [-0.15, -0.1) is 0 Å². The third-order valence-corrected chi connectivity index (χ3v) is 7.02. The Kier molecular flexibility index (Phi) is 9.76. The molecule has 2 aromatic rings. The van der Waals surface area contributed by atoms with Crippen LogP contribution in [0.1, 0.15) is 64.0 Å². The van der Waals surface area contributed by atoms with Gasteiger partial charge in [-0.3, -0.25) is 4.79 Å². The van der Waals surface area contributed by atoms with E-state index in [2.05, 4.69) is 26.1 Å². The second kappa shape index (κ2) is 12.8. The molecule has 1 N–H and O–H groups in total. The van der Waals surface area contributed by atoms with Crippen molar-refractivity contribution in [3.63, 3.8) is 0 Å². The molecule has 1 unspecified atom stereocenters. The fraction of sp³-hybridized carbons (Fsp3) is 0.533. The summed E-state index contributed by atoms with van der Waals surface area (Å²) in [5.41, 5.74) is 1.78. The van der Waals surface area contributed by atoms with Gasteiger partial charge in [0.25, 0.3) is 0 Å². The van der Waals surface area contributed by atoms with Gasteiger partial charge in [0.1, 0.15) is 11.8 Å². The minimum atomic E-state index is -0.748. The highest BCUT2D eigenvalue weighted by atomic mass is 16.5. The van der Waals surface area contributed by atoms with Gasteiger partial charge >= 0.3 is 5.97 Å². The molecule has 0 bridgehead atoms. The summed E-state index contributed by atoms with van der Waals surface area (Å²) in [5.74, 6) is 0.628. The van der Waals surface area contributed by atoms with Gasteiger partial charge in [0, 0.05) is 12.3 Å². The highest BCUT2D eigenvalue weighted by Gasteiger charge is 2.34. The summed E-state index contributed by atoms with van der Waals surface area (Å²) in [7, 11) is 1.36. The summed E-state index contributed by atoms with van der Waals surface area (Å²) >= 11 is 0. The van der Waals surface area contributed by atoms with Crippen molar-refractivity contribution in [1.29, 1.82) is 0 Å². The molecule has 2 atom stereocenters. The van der Waals surface area contributed by atoms with E-state index in [9.17, 15) is 9.59 Å². The van der Waals surface area contributed by atoms with E-state index in [1.54, 1.807) is 0 Å². The summed E-state index contributed by atoms with van der Waals surface area (Å²) in [6, 6.07) is 17.1. The largest absolute Gasteiger partial charge is 0.493 e. The van der Waals surface area contributed by atoms with Gasteiger partial charge in [-0.05, 0) is 53.9 Å². The molecule has 0 spiro atoms. The molecule has 0 aromatic heterocycles. The molecule has 0 radical (unpaired) electrons. The zero-order valence-electron chi connectivity index (χ0n) is 21.7. The normalized spacial score (nSPS) is 16.2. The van der Waals surface area contributed by atoms with Crippen molar-refractivity contribution in [2.75, 3.05) is 13.7 Å². The molecule has 0 heterocycles. The Bertz CT molecular complexity index is 927. The molecule has 5 nitrogen and oxygen atoms in total. The molecule has 190 valence electrons. The number of nitrogens with one attached hydrogen (secondary N) is 1. The van der Waals surface area contributed by atoms with Crippen LogP contribution >= 0.6 is 0 Å². The van der Waals surface area contributed by atoms with Crippen molar-refractivity contribution in [3.05, 3.63) is 65.7 Å². The van der Waals surface area contributed by atoms with Crippen LogP contribution in [-0.4, -0.2) is 31.6 Å². The van der Waals surface area contributed by atoms with Crippen molar-refractivity contribution in [3.8, 4) is 5.75 Å². The van der Waals surface area contributed by atoms with Crippen LogP contribution < -0.4 is 10.1 Å². The molecular formula is C30H41NO4. The number of amides is 1. The zero-order valence-corrected chi connectivity index (χ0v) is 21.7. The number of benzene rings is 2. The number of carbonyl (C=O) groups is 2. The van der Waals surface area contributed by atoms with Crippen molar-refractivity contribution in [1.82, 2.24) is 5.32 Å². The molecule has 5 heteroatoms. The lowest BCUT2D eigenvalue weighted by atomic mass is 9.76. The molecule has 1 aliphatic rings. The molecular weight excluding hydrogens is 438 g/mol. The Hall–Kier alpha value is -2.82. The van der Waals surface area contributed by atoms with Gasteiger partial charge in [-0.25, -0.2) is 4.79 Å². The van der Waals surface area contributed by atoms with Crippen molar-refractivity contribution < 1.29 is 19.1 Å². The fourth-order valence-corrected chi connectivity index (χ4v) is 4.78. The third-order valence-electron chi connectivity index (χ3n) is 7.02. The van der Waals surface area contributed by atoms with E-state index in [1.807, 2.05) is 54.6 Å². The summed E-state index contributed by atoms with van der Waals surface area (Å²) < 4.78 is 11.0. The standard InChI is InChI=1S/C30H41NO4/c1-30(2,3)26(19-22-11-7-5-8-12-22)28(32)31-27(29(33)34-4)20-23-15-17-25(18-16-23)35-21-24-13-9-6-10-14-24/h5,7-8,11-12,15-18,24,26-27H,6,9-10,13-14,19-21H2,1-4H3,(H,31,32)/t26-,27?/m1/s1. The zero-order chi connectivity index (χ0) is 25.3. The van der Waals surface area contributed by atoms with Gasteiger partial charge in [0.05, 0.1) is 13.7 Å². The number of hydrogen-bond acceptors (Lipinski definition) is 4. The van der Waals surface area contributed by atoms with Crippen LogP contribution in [0.15, 0.2) is 54.6 Å². The Morgan fingerprint density at radius 2 is 1.54 bits per heavy atom. The Morgan fingerprint density at radius 3 is 2.14 bits per heavy atom. The first-order valence-corrected chi connectivity index (χ1v) is 12.9. The van der Waals surface area contributed by atoms with Gasteiger partial charge < -0.3 is 14.8 Å². The summed E-state index contributed by atoms with van der Waals surface area (Å²) in [6.45, 7) is 6.92. The predicted octanol–water partition coefficient (Wildman–Crippen LogP) is 5.75. The molecule has 0 saturated heterocycles. The Morgan fingerprint density at radius 1 is 0.914 bits per heavy atom. The quantitative estimate of drug-likeness (QED) is 0.441. The number of ether oxygens (including phenoxy) is 2. The maximum absolute atomic E-state index is 13.4. The van der Waals surface area contributed by atoms with E-state index in [-0.39, 0.29) is 17.2 Å². The van der Waals surface area contributed by atoms with Crippen LogP contribution in [-0.2, 0) is 27.2 Å². The van der Waals surface area contributed by atoms with E-state index in [0.29, 0.717) is 18.8 Å². The summed E-state index contributed by atoms with van der Waals surface area (Å²) in [6.07, 6.45) is 7.41. The Balaban J connectivity index is 1.63. The number of carbonyl (C=O) groups excluding carboxylic acids is 2. The highest BCUT2D eigenvalue weighted by molar-refractivity contribution is 5.86. The maximum Gasteiger partial charge on any atom is 0.328 e. The molecule has 1 aliphatic carbocycles. The monoisotopic (exact) mass is 479 g/mol. The fourth-order valence-electron chi connectivity index (χ4n) is 4.78. The second-order valence-corrected chi connectivity index (χ2v) is 10.9. The van der Waals surface area contributed by atoms with Gasteiger partial charge in [-0.1, -0.05) is 82.5 Å². The average molecular weight is 480 g/mol. The Labute approximate surface area is 210 Å². The minimum Gasteiger partial charge on any atom is -0.493 e. The van der Waals surface area contributed by atoms with E-state index < -0.39 is 12.0 Å². The van der Waals surface area contributed by atoms with Gasteiger partial charge in [0.2, 0.25) is 5.91 Å².